The van der Waals surface area contributed by atoms with E-state index in [0.717, 1.165) is 0 Å². The van der Waals surface area contributed by atoms with Crippen LogP contribution in [0.25, 0.3) is 0 Å². The lowest BCUT2D eigenvalue weighted by Gasteiger charge is -0.345. The Morgan fingerprint density at radius 1 is 0.0571 bits per heavy atom. The third-order valence-electron chi connectivity index (χ3n) is 0. The van der Waals surface area contributed by atoms with Crippen LogP contribution in [0.2, 0.25) is 0 Å². The molecule has 35 heteroatoms. The molecule has 0 spiro atoms. The van der Waals surface area contributed by atoms with Gasteiger partial charge in [-0.2, -0.15) is 0 Å². The Bertz CT molecular complexity index is 30.2. The molecule has 0 heterocycles. The molecular weight excluding hydrogens is 1030 g/mol. The van der Waals surface area contributed by atoms with E-state index in [1.807, 2.05) is 0 Å². The minimum Gasteiger partial charge on any atom is -0.344 e. The fourth-order valence-electron chi connectivity index (χ4n) is 0. The average Bonchev–Trinajstić information content (AvgIpc) is 0. The topological polar surface area (TPSA) is 350 Å². The van der Waals surface area contributed by atoms with Gasteiger partial charge in [-0.3, -0.25) is 0 Å². The SMILES string of the molecule is Cl.Cl.Cl.Cl.Cl.Cl.Cl.Cl.Cl.Cl.Cl.Cl.Cl.Cl.Cl.Cl.Cl.Cl.Cl.Cl.Cl.Cl.Cl.Cl.Cl.N.N.N.N.N.N.N.N.N.N. The van der Waals surface area contributed by atoms with Crippen LogP contribution in [0.5, 0.6) is 0 Å². The second-order valence-corrected chi connectivity index (χ2v) is 0. The second kappa shape index (κ2) is 1380. The van der Waals surface area contributed by atoms with E-state index < -0.39 is 0 Å². The number of hydrogen-bond donors (Lipinski definition) is 10. The Balaban J connectivity index is 0. The first-order valence-electron chi connectivity index (χ1n) is 0. The van der Waals surface area contributed by atoms with E-state index in [-0.39, 0.29) is 372 Å². The van der Waals surface area contributed by atoms with Gasteiger partial charge in [0.15, 0.2) is 0 Å². The second-order valence-electron chi connectivity index (χ2n) is 0. The third kappa shape index (κ3) is 1310. The fourth-order valence-corrected chi connectivity index (χ4v) is 0. The summed E-state index contributed by atoms with van der Waals surface area (Å²) in [6.45, 7) is 0. The van der Waals surface area contributed by atoms with Crippen molar-refractivity contribution in [2.24, 2.45) is 0 Å². The molecule has 0 aliphatic carbocycles. The molecule has 0 aromatic rings. The van der Waals surface area contributed by atoms with Gasteiger partial charge in [0.2, 0.25) is 0 Å². The lowest BCUT2D eigenvalue weighted by atomic mass is 14.0. The van der Waals surface area contributed by atoms with Crippen LogP contribution in [-0.2, 0) is 0 Å². The summed E-state index contributed by atoms with van der Waals surface area (Å²) < 4.78 is 0. The van der Waals surface area contributed by atoms with Crippen molar-refractivity contribution in [2.45, 2.75) is 0 Å². The highest BCUT2D eigenvalue weighted by Crippen LogP contribution is 0.714. The van der Waals surface area contributed by atoms with E-state index >= 15 is 0 Å². The van der Waals surface area contributed by atoms with E-state index in [4.69, 9.17) is 0 Å². The first kappa shape index (κ1) is 1490. The van der Waals surface area contributed by atoms with Crippen molar-refractivity contribution in [3.63, 3.8) is 0 Å². The van der Waals surface area contributed by atoms with Crippen LogP contribution in [0, 0.1) is 0 Å². The Hall–Kier alpha value is 6.85. The molecule has 0 aromatic carbocycles. The van der Waals surface area contributed by atoms with Gasteiger partial charge in [-0.1, -0.05) is 0 Å². The van der Waals surface area contributed by atoms with Crippen LogP contribution in [0.4, 0.5) is 0 Å². The molecule has 0 atom stereocenters. The molecule has 0 fully saturated rings. The highest BCUT2D eigenvalue weighted by molar-refractivity contribution is 5.88. The minimum absolute atomic E-state index is 0. The summed E-state index contributed by atoms with van der Waals surface area (Å²) >= 11 is 0. The van der Waals surface area contributed by atoms with E-state index in [1.165, 1.54) is 0 Å². The molecule has 0 saturated carbocycles. The van der Waals surface area contributed by atoms with Gasteiger partial charge in [-0.25, -0.2) is 0 Å². The summed E-state index contributed by atoms with van der Waals surface area (Å²) in [4.78, 5) is 0. The first-order valence-corrected chi connectivity index (χ1v) is 0. The predicted molar refractivity (Wildman–Crippen MR) is 231 cm³/mol. The molecule has 280 valence electrons. The van der Waals surface area contributed by atoms with Crippen LogP contribution in [0.1, 0.15) is 0 Å². The van der Waals surface area contributed by atoms with Crippen molar-refractivity contribution in [1.82, 2.24) is 61.5 Å². The quantitative estimate of drug-likeness (QED) is 0.109. The van der Waals surface area contributed by atoms with Crippen LogP contribution < -0.4 is 61.5 Å². The lowest BCUT2D eigenvalue weighted by molar-refractivity contribution is 2.13. The molecule has 0 unspecified atom stereocenters. The van der Waals surface area contributed by atoms with Crippen LogP contribution >= 0.6 is 310 Å². The number of rotatable bonds is 0. The molecule has 0 aromatic heterocycles. The Kier molecular flexibility index (Phi) is 58800. The zero-order valence-electron chi connectivity index (χ0n) is 17.3. The molecule has 0 rings (SSSR count). The van der Waals surface area contributed by atoms with E-state index in [1.54, 1.807) is 0 Å². The molecular formula is H55Cl25N10. The molecule has 0 aliphatic rings. The van der Waals surface area contributed by atoms with Gasteiger partial charge in [0.25, 0.3) is 0 Å². The highest BCUT2D eigenvalue weighted by atomic mass is 35.5. The van der Waals surface area contributed by atoms with Crippen molar-refractivity contribution in [1.29, 1.82) is 0 Å². The average molecular weight is 1080 g/mol. The summed E-state index contributed by atoms with van der Waals surface area (Å²) in [5, 5.41) is 0. The van der Waals surface area contributed by atoms with Gasteiger partial charge in [0.1, 0.15) is 0 Å². The van der Waals surface area contributed by atoms with E-state index in [2.05, 4.69) is 0 Å². The molecule has 10 nitrogen and oxygen atoms in total. The summed E-state index contributed by atoms with van der Waals surface area (Å²) in [5.41, 5.74) is 0. The smallest absolute Gasteiger partial charge is 0.147 e. The van der Waals surface area contributed by atoms with Crippen molar-refractivity contribution in [3.8, 4) is 0 Å². The Morgan fingerprint density at radius 3 is 0.0571 bits per heavy atom. The maximum absolute atomic E-state index is 0. The minimum atomic E-state index is 0. The third-order valence-corrected chi connectivity index (χ3v) is 0. The van der Waals surface area contributed by atoms with Crippen molar-refractivity contribution < 1.29 is 0 Å². The van der Waals surface area contributed by atoms with Gasteiger partial charge < -0.3 is 61.5 Å². The Morgan fingerprint density at radius 2 is 0.0571 bits per heavy atom. The summed E-state index contributed by atoms with van der Waals surface area (Å²) in [5.74, 6) is 0. The molecule has 0 bridgehead atoms. The van der Waals surface area contributed by atoms with Gasteiger partial charge in [-0.05, 0) is 0 Å². The molecule has 0 amide bonds. The number of halogens is 25. The standard InChI is InChI=1S/25ClH.10H3N/h25*1H;10*1H3. The lowest BCUT2D eigenvalue weighted by Crippen LogP contribution is -0.482. The Labute approximate surface area is 367 Å². The summed E-state index contributed by atoms with van der Waals surface area (Å²) in [6, 6.07) is 0. The van der Waals surface area contributed by atoms with Crippen molar-refractivity contribution in [2.75, 3.05) is 0 Å². The van der Waals surface area contributed by atoms with Crippen molar-refractivity contribution in [3.05, 3.63) is 0 Å². The molecule has 35 heavy (non-hydrogen) atoms. The number of hydrogen-bond acceptors (Lipinski definition) is 10. The predicted octanol–water partition coefficient (Wildman–Crippen LogP) is 12.2. The maximum atomic E-state index is 0. The normalized spacial score (nSPS) is 0. The van der Waals surface area contributed by atoms with Gasteiger partial charge in [0, 0.05) is 0 Å². The monoisotopic (exact) mass is 1070 g/mol. The first-order chi connectivity index (χ1) is 0. The molecule has 0 radical (unpaired) electrons. The summed E-state index contributed by atoms with van der Waals surface area (Å²) in [7, 11) is 0. The molecule has 0 aliphatic heterocycles. The largest absolute Gasteiger partial charge is 0.344 e. The molecule has 0 saturated heterocycles. The van der Waals surface area contributed by atoms with Gasteiger partial charge in [0.05, 0.1) is 0 Å². The van der Waals surface area contributed by atoms with Crippen LogP contribution in [0.15, 0.2) is 0 Å². The zero-order valence-corrected chi connectivity index (χ0v) is 37.7. The highest BCUT2D eigenvalue weighted by Gasteiger charge is -0.121. The van der Waals surface area contributed by atoms with Crippen LogP contribution in [-0.4, -0.2) is 0 Å². The van der Waals surface area contributed by atoms with Gasteiger partial charge in [-0.15, -0.1) is 310 Å². The van der Waals surface area contributed by atoms with Crippen molar-refractivity contribution >= 4 is 310 Å². The van der Waals surface area contributed by atoms with Crippen LogP contribution in [0.3, 0.4) is 0 Å². The van der Waals surface area contributed by atoms with E-state index in [0.29, 0.717) is 0 Å². The summed E-state index contributed by atoms with van der Waals surface area (Å²) in [6.07, 6.45) is 0. The fraction of sp³-hybridized carbons (Fsp3) is 0. The van der Waals surface area contributed by atoms with Gasteiger partial charge >= 0.3 is 0 Å². The zero-order chi connectivity index (χ0) is 0. The van der Waals surface area contributed by atoms with E-state index in [9.17, 15) is 0 Å². The maximum Gasteiger partial charge on any atom is -0.147 e. The molecule has 30 N–H and O–H groups in total.